The highest BCUT2D eigenvalue weighted by molar-refractivity contribution is 6.28. The Morgan fingerprint density at radius 3 is 2.47 bits per heavy atom. The monoisotopic (exact) mass is 258 g/mol. The topological polar surface area (TPSA) is 60.4 Å². The fourth-order valence-corrected chi connectivity index (χ4v) is 2.04. The Balaban J connectivity index is 2.23. The van der Waals surface area contributed by atoms with Gasteiger partial charge in [-0.05, 0) is 25.4 Å². The number of anilines is 1. The van der Waals surface area contributed by atoms with Crippen molar-refractivity contribution in [2.24, 2.45) is 0 Å². The highest BCUT2D eigenvalue weighted by Crippen LogP contribution is 2.19. The first-order valence-corrected chi connectivity index (χ1v) is 5.82. The molecule has 0 N–H and O–H groups in total. The molecule has 7 heteroatoms. The van der Waals surface area contributed by atoms with E-state index in [9.17, 15) is 0 Å². The minimum Gasteiger partial charge on any atom is -0.467 e. The van der Waals surface area contributed by atoms with Crippen molar-refractivity contribution >= 4 is 17.5 Å². The van der Waals surface area contributed by atoms with Crippen molar-refractivity contribution in [1.82, 2.24) is 15.0 Å². The second kappa shape index (κ2) is 5.01. The van der Waals surface area contributed by atoms with Gasteiger partial charge < -0.3 is 14.4 Å². The van der Waals surface area contributed by atoms with E-state index in [4.69, 9.17) is 21.1 Å². The molecule has 0 bridgehead atoms. The molecule has 1 aliphatic rings. The molecule has 94 valence electrons. The van der Waals surface area contributed by atoms with Gasteiger partial charge in [-0.1, -0.05) is 0 Å². The van der Waals surface area contributed by atoms with Gasteiger partial charge in [0.2, 0.25) is 11.2 Å². The lowest BCUT2D eigenvalue weighted by atomic mass is 10.2. The quantitative estimate of drug-likeness (QED) is 0.793. The first kappa shape index (κ1) is 12.3. The van der Waals surface area contributed by atoms with Crippen molar-refractivity contribution in [3.63, 3.8) is 0 Å². The highest BCUT2D eigenvalue weighted by atomic mass is 35.5. The summed E-state index contributed by atoms with van der Waals surface area (Å²) in [5, 5.41) is 0.138. The Kier molecular flexibility index (Phi) is 3.63. The smallest absolute Gasteiger partial charge is 0.322 e. The van der Waals surface area contributed by atoms with Gasteiger partial charge in [-0.2, -0.15) is 15.0 Å². The Morgan fingerprint density at radius 2 is 1.88 bits per heavy atom. The van der Waals surface area contributed by atoms with E-state index in [0.717, 1.165) is 13.1 Å². The van der Waals surface area contributed by atoms with Crippen LogP contribution in [0.5, 0.6) is 6.01 Å². The van der Waals surface area contributed by atoms with Crippen LogP contribution in [0.15, 0.2) is 0 Å². The number of halogens is 1. The van der Waals surface area contributed by atoms with E-state index in [1.807, 2.05) is 18.7 Å². The van der Waals surface area contributed by atoms with Crippen molar-refractivity contribution in [3.8, 4) is 6.01 Å². The molecule has 2 rings (SSSR count). The molecule has 0 aliphatic carbocycles. The molecule has 0 spiro atoms. The van der Waals surface area contributed by atoms with Gasteiger partial charge in [0, 0.05) is 13.1 Å². The Morgan fingerprint density at radius 1 is 1.24 bits per heavy atom. The molecule has 0 aromatic carbocycles. The number of methoxy groups -OCH3 is 1. The van der Waals surface area contributed by atoms with E-state index in [1.54, 1.807) is 0 Å². The lowest BCUT2D eigenvalue weighted by molar-refractivity contribution is -0.00577. The van der Waals surface area contributed by atoms with Crippen LogP contribution < -0.4 is 9.64 Å². The molecule has 2 atom stereocenters. The Hall–Kier alpha value is -1.14. The molecule has 0 unspecified atom stereocenters. The van der Waals surface area contributed by atoms with E-state index in [2.05, 4.69) is 15.0 Å². The number of nitrogens with zero attached hydrogens (tertiary/aromatic N) is 4. The third kappa shape index (κ3) is 2.95. The van der Waals surface area contributed by atoms with Gasteiger partial charge >= 0.3 is 6.01 Å². The van der Waals surface area contributed by atoms with E-state index in [1.165, 1.54) is 7.11 Å². The highest BCUT2D eigenvalue weighted by Gasteiger charge is 2.24. The van der Waals surface area contributed by atoms with Crippen LogP contribution in [-0.4, -0.2) is 47.4 Å². The molecule has 1 aromatic heterocycles. The van der Waals surface area contributed by atoms with Gasteiger partial charge in [-0.25, -0.2) is 0 Å². The minimum atomic E-state index is 0.138. The number of rotatable bonds is 2. The molecule has 0 radical (unpaired) electrons. The molecule has 0 saturated carbocycles. The summed E-state index contributed by atoms with van der Waals surface area (Å²) >= 11 is 5.82. The Bertz CT molecular complexity index is 394. The fraction of sp³-hybridized carbons (Fsp3) is 0.700. The van der Waals surface area contributed by atoms with E-state index in [-0.39, 0.29) is 23.5 Å². The van der Waals surface area contributed by atoms with Gasteiger partial charge in [0.1, 0.15) is 0 Å². The maximum atomic E-state index is 5.82. The zero-order chi connectivity index (χ0) is 12.4. The van der Waals surface area contributed by atoms with Crippen LogP contribution in [0.25, 0.3) is 0 Å². The second-order valence-electron chi connectivity index (χ2n) is 4.05. The average Bonchev–Trinajstić information content (AvgIpc) is 2.26. The van der Waals surface area contributed by atoms with Crippen LogP contribution in [0.3, 0.4) is 0 Å². The third-order valence-electron chi connectivity index (χ3n) is 2.46. The molecule has 1 fully saturated rings. The maximum Gasteiger partial charge on any atom is 0.322 e. The summed E-state index contributed by atoms with van der Waals surface area (Å²) in [7, 11) is 1.50. The minimum absolute atomic E-state index is 0.138. The zero-order valence-electron chi connectivity index (χ0n) is 10.1. The molecule has 1 saturated heterocycles. The summed E-state index contributed by atoms with van der Waals surface area (Å²) < 4.78 is 10.6. The molecule has 6 nitrogen and oxygen atoms in total. The summed E-state index contributed by atoms with van der Waals surface area (Å²) in [6.07, 6.45) is 0.278. The normalized spacial score (nSPS) is 24.8. The zero-order valence-corrected chi connectivity index (χ0v) is 10.8. The Labute approximate surface area is 105 Å². The molecule has 17 heavy (non-hydrogen) atoms. The second-order valence-corrected chi connectivity index (χ2v) is 4.39. The summed E-state index contributed by atoms with van der Waals surface area (Å²) in [6, 6.07) is 0.229. The third-order valence-corrected chi connectivity index (χ3v) is 2.63. The summed E-state index contributed by atoms with van der Waals surface area (Å²) in [5.74, 6) is 0.531. The van der Waals surface area contributed by atoms with E-state index in [0.29, 0.717) is 5.95 Å². The molecule has 0 amide bonds. The first-order chi connectivity index (χ1) is 8.08. The average molecular weight is 259 g/mol. The molecular weight excluding hydrogens is 244 g/mol. The van der Waals surface area contributed by atoms with E-state index < -0.39 is 0 Å². The van der Waals surface area contributed by atoms with Crippen LogP contribution in [0.4, 0.5) is 5.95 Å². The lowest BCUT2D eigenvalue weighted by Crippen LogP contribution is -2.46. The van der Waals surface area contributed by atoms with E-state index >= 15 is 0 Å². The van der Waals surface area contributed by atoms with Crippen molar-refractivity contribution in [3.05, 3.63) is 5.28 Å². The standard InChI is InChI=1S/C10H15ClN4O2/c1-6-4-15(5-7(2)17-6)9-12-8(11)13-10(14-9)16-3/h6-7H,4-5H2,1-3H3/t6-,7+. The first-order valence-electron chi connectivity index (χ1n) is 5.44. The van der Waals surface area contributed by atoms with Gasteiger partial charge in [-0.15, -0.1) is 0 Å². The maximum absolute atomic E-state index is 5.82. The van der Waals surface area contributed by atoms with Crippen molar-refractivity contribution in [2.75, 3.05) is 25.1 Å². The molecule has 1 aliphatic heterocycles. The van der Waals surface area contributed by atoms with Crippen LogP contribution in [0.2, 0.25) is 5.28 Å². The van der Waals surface area contributed by atoms with Gasteiger partial charge in [0.05, 0.1) is 19.3 Å². The predicted molar refractivity (Wildman–Crippen MR) is 63.6 cm³/mol. The van der Waals surface area contributed by atoms with Crippen LogP contribution in [-0.2, 0) is 4.74 Å². The summed E-state index contributed by atoms with van der Waals surface area (Å²) in [6.45, 7) is 5.49. The van der Waals surface area contributed by atoms with Crippen LogP contribution in [0.1, 0.15) is 13.8 Å². The number of morpholine rings is 1. The fourth-order valence-electron chi connectivity index (χ4n) is 1.90. The molecular formula is C10H15ClN4O2. The van der Waals surface area contributed by atoms with Crippen molar-refractivity contribution < 1.29 is 9.47 Å². The number of hydrogen-bond acceptors (Lipinski definition) is 6. The SMILES string of the molecule is COc1nc(Cl)nc(N2C[C@@H](C)O[C@@H](C)C2)n1. The largest absolute Gasteiger partial charge is 0.467 e. The van der Waals surface area contributed by atoms with Crippen LogP contribution >= 0.6 is 11.6 Å². The predicted octanol–water partition coefficient (Wildman–Crippen LogP) is 1.15. The van der Waals surface area contributed by atoms with Gasteiger partial charge in [-0.3, -0.25) is 0 Å². The van der Waals surface area contributed by atoms with Gasteiger partial charge in [0.25, 0.3) is 0 Å². The lowest BCUT2D eigenvalue weighted by Gasteiger charge is -2.35. The van der Waals surface area contributed by atoms with Gasteiger partial charge in [0.15, 0.2) is 0 Å². The number of aromatic nitrogens is 3. The van der Waals surface area contributed by atoms with Crippen molar-refractivity contribution in [1.29, 1.82) is 0 Å². The molecule has 1 aromatic rings. The number of ether oxygens (including phenoxy) is 2. The van der Waals surface area contributed by atoms with Crippen molar-refractivity contribution in [2.45, 2.75) is 26.1 Å². The summed E-state index contributed by atoms with van der Waals surface area (Å²) in [5.41, 5.74) is 0. The van der Waals surface area contributed by atoms with Crippen LogP contribution in [0, 0.1) is 0 Å². The number of hydrogen-bond donors (Lipinski definition) is 0. The molecule has 2 heterocycles. The summed E-state index contributed by atoms with van der Waals surface area (Å²) in [4.78, 5) is 14.2.